The van der Waals surface area contributed by atoms with Crippen LogP contribution in [0, 0.1) is 0 Å². The smallest absolute Gasteiger partial charge is 0.0327 e. The van der Waals surface area contributed by atoms with Gasteiger partial charge in [-0.2, -0.15) is 11.3 Å². The van der Waals surface area contributed by atoms with Crippen molar-refractivity contribution in [3.63, 3.8) is 0 Å². The summed E-state index contributed by atoms with van der Waals surface area (Å²) in [5.41, 5.74) is 1.37. The van der Waals surface area contributed by atoms with Crippen molar-refractivity contribution in [3.8, 4) is 0 Å². The molecule has 0 aliphatic heterocycles. The molecule has 0 saturated carbocycles. The number of hydrogen-bond donors (Lipinski definition) is 1. The van der Waals surface area contributed by atoms with Gasteiger partial charge in [0, 0.05) is 16.4 Å². The van der Waals surface area contributed by atoms with Crippen molar-refractivity contribution in [2.75, 3.05) is 6.54 Å². The van der Waals surface area contributed by atoms with Crippen LogP contribution in [0.5, 0.6) is 0 Å². The van der Waals surface area contributed by atoms with Crippen LogP contribution in [-0.4, -0.2) is 6.54 Å². The fraction of sp³-hybridized carbons (Fsp3) is 0.556. The maximum atomic E-state index is 3.51. The van der Waals surface area contributed by atoms with Crippen LogP contribution < -0.4 is 5.32 Å². The van der Waals surface area contributed by atoms with Gasteiger partial charge in [0.25, 0.3) is 0 Å². The van der Waals surface area contributed by atoms with Gasteiger partial charge >= 0.3 is 0 Å². The van der Waals surface area contributed by atoms with Crippen LogP contribution in [0.3, 0.4) is 0 Å². The predicted molar refractivity (Wildman–Crippen MR) is 58.6 cm³/mol. The second-order valence-corrected chi connectivity index (χ2v) is 4.37. The summed E-state index contributed by atoms with van der Waals surface area (Å²) in [6.07, 6.45) is 2.53. The number of nitrogens with one attached hydrogen (secondary N) is 1. The topological polar surface area (TPSA) is 12.0 Å². The van der Waals surface area contributed by atoms with Gasteiger partial charge in [0.1, 0.15) is 0 Å². The fourth-order valence-corrected chi connectivity index (χ4v) is 2.40. The number of hydrogen-bond acceptors (Lipinski definition) is 2. The standard InChI is InChI=1S/C9H14BrNS/c1-2-3-4-11-5-8-6-12-7-9(8)10/h6-7,11H,2-5H2,1H3. The van der Waals surface area contributed by atoms with Gasteiger partial charge in [-0.15, -0.1) is 0 Å². The van der Waals surface area contributed by atoms with E-state index in [2.05, 4.69) is 38.9 Å². The first kappa shape index (κ1) is 10.2. The van der Waals surface area contributed by atoms with Crippen molar-refractivity contribution in [1.29, 1.82) is 0 Å². The number of unbranched alkanes of at least 4 members (excludes halogenated alkanes) is 1. The van der Waals surface area contributed by atoms with Gasteiger partial charge in [-0.05, 0) is 39.8 Å². The zero-order valence-electron chi connectivity index (χ0n) is 7.27. The largest absolute Gasteiger partial charge is 0.313 e. The van der Waals surface area contributed by atoms with Crippen LogP contribution >= 0.6 is 27.3 Å². The second-order valence-electron chi connectivity index (χ2n) is 2.78. The summed E-state index contributed by atoms with van der Waals surface area (Å²) in [4.78, 5) is 0. The Kier molecular flexibility index (Phi) is 4.88. The summed E-state index contributed by atoms with van der Waals surface area (Å²) in [5, 5.41) is 7.71. The lowest BCUT2D eigenvalue weighted by Gasteiger charge is -2.01. The Labute approximate surface area is 86.3 Å². The normalized spacial score (nSPS) is 10.5. The Morgan fingerprint density at radius 1 is 1.50 bits per heavy atom. The fourth-order valence-electron chi connectivity index (χ4n) is 0.959. The van der Waals surface area contributed by atoms with Crippen LogP contribution in [0.2, 0.25) is 0 Å². The van der Waals surface area contributed by atoms with Crippen molar-refractivity contribution >= 4 is 27.3 Å². The highest BCUT2D eigenvalue weighted by Crippen LogP contribution is 2.20. The van der Waals surface area contributed by atoms with E-state index < -0.39 is 0 Å². The van der Waals surface area contributed by atoms with Gasteiger partial charge in [-0.3, -0.25) is 0 Å². The highest BCUT2D eigenvalue weighted by atomic mass is 79.9. The van der Waals surface area contributed by atoms with E-state index in [1.54, 1.807) is 11.3 Å². The molecule has 0 atom stereocenters. The Hall–Kier alpha value is 0.140. The van der Waals surface area contributed by atoms with Gasteiger partial charge in [0.2, 0.25) is 0 Å². The molecule has 3 heteroatoms. The third kappa shape index (κ3) is 3.25. The summed E-state index contributed by atoms with van der Waals surface area (Å²) < 4.78 is 1.23. The van der Waals surface area contributed by atoms with E-state index >= 15 is 0 Å². The van der Waals surface area contributed by atoms with E-state index in [4.69, 9.17) is 0 Å². The van der Waals surface area contributed by atoms with Gasteiger partial charge in [0.15, 0.2) is 0 Å². The minimum absolute atomic E-state index is 0.990. The quantitative estimate of drug-likeness (QED) is 0.787. The van der Waals surface area contributed by atoms with Gasteiger partial charge in [0.05, 0.1) is 0 Å². The molecule has 1 aromatic heterocycles. The summed E-state index contributed by atoms with van der Waals surface area (Å²) >= 11 is 5.25. The molecular weight excluding hydrogens is 234 g/mol. The molecule has 0 saturated heterocycles. The predicted octanol–water partition coefficient (Wildman–Crippen LogP) is 3.40. The average molecular weight is 248 g/mol. The van der Waals surface area contributed by atoms with E-state index in [0.29, 0.717) is 0 Å². The third-order valence-corrected chi connectivity index (χ3v) is 3.54. The molecule has 0 amide bonds. The highest BCUT2D eigenvalue weighted by molar-refractivity contribution is 9.10. The third-order valence-electron chi connectivity index (χ3n) is 1.71. The summed E-state index contributed by atoms with van der Waals surface area (Å²) in [5.74, 6) is 0. The Balaban J connectivity index is 2.20. The molecule has 0 aliphatic rings. The molecule has 1 nitrogen and oxygen atoms in total. The van der Waals surface area contributed by atoms with Crippen LogP contribution in [0.25, 0.3) is 0 Å². The van der Waals surface area contributed by atoms with Crippen molar-refractivity contribution in [1.82, 2.24) is 5.32 Å². The molecule has 0 spiro atoms. The molecule has 1 rings (SSSR count). The van der Waals surface area contributed by atoms with Gasteiger partial charge in [-0.25, -0.2) is 0 Å². The average Bonchev–Trinajstić information content (AvgIpc) is 2.46. The summed E-state index contributed by atoms with van der Waals surface area (Å²) in [6, 6.07) is 0. The molecule has 68 valence electrons. The number of thiophene rings is 1. The zero-order chi connectivity index (χ0) is 8.81. The molecule has 1 N–H and O–H groups in total. The highest BCUT2D eigenvalue weighted by Gasteiger charge is 1.98. The Bertz CT molecular complexity index is 222. The molecule has 0 aliphatic carbocycles. The molecular formula is C9H14BrNS. The number of halogens is 1. The SMILES string of the molecule is CCCCNCc1cscc1Br. The summed E-state index contributed by atoms with van der Waals surface area (Å²) in [7, 11) is 0. The van der Waals surface area contributed by atoms with E-state index in [9.17, 15) is 0 Å². The first-order chi connectivity index (χ1) is 5.84. The Morgan fingerprint density at radius 3 is 2.92 bits per heavy atom. The van der Waals surface area contributed by atoms with E-state index in [1.165, 1.54) is 22.9 Å². The monoisotopic (exact) mass is 247 g/mol. The maximum Gasteiger partial charge on any atom is 0.0327 e. The first-order valence-electron chi connectivity index (χ1n) is 4.26. The molecule has 12 heavy (non-hydrogen) atoms. The van der Waals surface area contributed by atoms with Gasteiger partial charge < -0.3 is 5.32 Å². The Morgan fingerprint density at radius 2 is 2.33 bits per heavy atom. The van der Waals surface area contributed by atoms with E-state index in [-0.39, 0.29) is 0 Å². The molecule has 1 heterocycles. The van der Waals surface area contributed by atoms with Crippen molar-refractivity contribution < 1.29 is 0 Å². The van der Waals surface area contributed by atoms with Crippen LogP contribution in [-0.2, 0) is 6.54 Å². The zero-order valence-corrected chi connectivity index (χ0v) is 9.67. The van der Waals surface area contributed by atoms with Crippen LogP contribution in [0.1, 0.15) is 25.3 Å². The van der Waals surface area contributed by atoms with Crippen molar-refractivity contribution in [2.45, 2.75) is 26.3 Å². The van der Waals surface area contributed by atoms with E-state index in [0.717, 1.165) is 13.1 Å². The summed E-state index contributed by atoms with van der Waals surface area (Å²) in [6.45, 7) is 4.32. The molecule has 0 aromatic carbocycles. The molecule has 0 unspecified atom stereocenters. The molecule has 0 fully saturated rings. The number of rotatable bonds is 5. The van der Waals surface area contributed by atoms with Crippen molar-refractivity contribution in [3.05, 3.63) is 20.8 Å². The molecule has 0 radical (unpaired) electrons. The minimum Gasteiger partial charge on any atom is -0.313 e. The van der Waals surface area contributed by atoms with Gasteiger partial charge in [-0.1, -0.05) is 13.3 Å². The lowest BCUT2D eigenvalue weighted by molar-refractivity contribution is 0.641. The molecule has 0 bridgehead atoms. The van der Waals surface area contributed by atoms with Crippen molar-refractivity contribution in [2.24, 2.45) is 0 Å². The van der Waals surface area contributed by atoms with Crippen LogP contribution in [0.4, 0.5) is 0 Å². The minimum atomic E-state index is 0.990. The lowest BCUT2D eigenvalue weighted by Crippen LogP contribution is -2.13. The van der Waals surface area contributed by atoms with E-state index in [1.807, 2.05) is 0 Å². The van der Waals surface area contributed by atoms with Crippen LogP contribution in [0.15, 0.2) is 15.2 Å². The first-order valence-corrected chi connectivity index (χ1v) is 5.99. The maximum absolute atomic E-state index is 3.51. The lowest BCUT2D eigenvalue weighted by atomic mass is 10.3. The second kappa shape index (κ2) is 5.73. The molecule has 1 aromatic rings.